The number of carbonyl (C=O) groups is 1. The average Bonchev–Trinajstić information content (AvgIpc) is 3.23. The summed E-state index contributed by atoms with van der Waals surface area (Å²) in [5.74, 6) is -1.56. The van der Waals surface area contributed by atoms with E-state index < -0.39 is 12.1 Å². The maximum atomic E-state index is 12.7. The molecule has 29 heavy (non-hydrogen) atoms. The van der Waals surface area contributed by atoms with E-state index in [2.05, 4.69) is 14.7 Å². The van der Waals surface area contributed by atoms with E-state index in [0.29, 0.717) is 22.6 Å². The van der Waals surface area contributed by atoms with Gasteiger partial charge in [0.05, 0.1) is 0 Å². The zero-order valence-corrected chi connectivity index (χ0v) is 15.9. The molecule has 0 aliphatic heterocycles. The highest BCUT2D eigenvalue weighted by Gasteiger charge is 2.44. The lowest BCUT2D eigenvalue weighted by Gasteiger charge is -2.14. The summed E-state index contributed by atoms with van der Waals surface area (Å²) < 4.78 is 42.0. The van der Waals surface area contributed by atoms with Crippen LogP contribution in [-0.4, -0.2) is 15.9 Å². The molecule has 1 aromatic heterocycles. The molecule has 0 N–H and O–H groups in total. The molecule has 0 unspecified atom stereocenters. The Morgan fingerprint density at radius 1 is 1.07 bits per heavy atom. The minimum absolute atomic E-state index is 0.00658. The summed E-state index contributed by atoms with van der Waals surface area (Å²) in [7, 11) is 0. The van der Waals surface area contributed by atoms with E-state index in [1.165, 1.54) is 12.1 Å². The van der Waals surface area contributed by atoms with Crippen molar-refractivity contribution in [1.82, 2.24) is 10.1 Å². The highest BCUT2D eigenvalue weighted by atomic mass is 35.5. The molecule has 8 heteroatoms. The highest BCUT2D eigenvalue weighted by molar-refractivity contribution is 6.30. The minimum atomic E-state index is -4.69. The average molecular weight is 421 g/mol. The first-order valence-electron chi connectivity index (χ1n) is 9.03. The van der Waals surface area contributed by atoms with Crippen LogP contribution in [0.15, 0.2) is 53.1 Å². The van der Waals surface area contributed by atoms with Gasteiger partial charge in [-0.25, -0.2) is 0 Å². The third-order valence-corrected chi connectivity index (χ3v) is 5.37. The Morgan fingerprint density at radius 2 is 1.72 bits per heavy atom. The topological polar surface area (TPSA) is 56.0 Å². The van der Waals surface area contributed by atoms with E-state index in [9.17, 15) is 18.0 Å². The summed E-state index contributed by atoms with van der Waals surface area (Å²) in [5, 5.41) is 4.03. The number of ketones is 1. The van der Waals surface area contributed by atoms with Gasteiger partial charge in [-0.15, -0.1) is 0 Å². The molecular formula is C21H16ClF3N2O2. The van der Waals surface area contributed by atoms with Crippen molar-refractivity contribution in [2.75, 3.05) is 0 Å². The molecule has 2 aromatic carbocycles. The van der Waals surface area contributed by atoms with Crippen LogP contribution in [0.1, 0.15) is 41.1 Å². The second-order valence-corrected chi connectivity index (χ2v) is 7.84. The van der Waals surface area contributed by atoms with Gasteiger partial charge >= 0.3 is 12.1 Å². The minimum Gasteiger partial charge on any atom is -0.329 e. The van der Waals surface area contributed by atoms with Gasteiger partial charge in [-0.05, 0) is 42.4 Å². The number of nitrogens with zero attached hydrogens (tertiary/aromatic N) is 2. The van der Waals surface area contributed by atoms with Gasteiger partial charge in [-0.2, -0.15) is 18.2 Å². The lowest BCUT2D eigenvalue weighted by Crippen LogP contribution is -2.12. The standard InChI is InChI=1S/C21H16ClF3N2O2/c22-16-7-1-13(2-8-16)11-20(9-10-20)12-17(28)14-3-5-15(6-4-14)18-26-19(29-27-18)21(23,24)25/h1-8H,9-12H2. The zero-order chi connectivity index (χ0) is 20.6. The van der Waals surface area contributed by atoms with Gasteiger partial charge < -0.3 is 4.52 Å². The van der Waals surface area contributed by atoms with Crippen LogP contribution < -0.4 is 0 Å². The molecule has 4 rings (SSSR count). The molecule has 1 heterocycles. The van der Waals surface area contributed by atoms with E-state index in [-0.39, 0.29) is 17.0 Å². The first kappa shape index (κ1) is 19.6. The number of hydrogen-bond donors (Lipinski definition) is 0. The van der Waals surface area contributed by atoms with Gasteiger partial charge in [-0.3, -0.25) is 4.79 Å². The zero-order valence-electron chi connectivity index (χ0n) is 15.2. The number of benzene rings is 2. The SMILES string of the molecule is O=C(CC1(Cc2ccc(Cl)cc2)CC1)c1ccc(-c2noc(C(F)(F)F)n2)cc1. The van der Waals surface area contributed by atoms with E-state index in [0.717, 1.165) is 24.8 Å². The van der Waals surface area contributed by atoms with Crippen molar-refractivity contribution in [1.29, 1.82) is 0 Å². The molecular weight excluding hydrogens is 405 g/mol. The van der Waals surface area contributed by atoms with E-state index >= 15 is 0 Å². The number of rotatable bonds is 6. The number of aromatic nitrogens is 2. The van der Waals surface area contributed by atoms with Crippen LogP contribution in [0.2, 0.25) is 5.02 Å². The Hall–Kier alpha value is -2.67. The van der Waals surface area contributed by atoms with Crippen molar-refractivity contribution < 1.29 is 22.5 Å². The van der Waals surface area contributed by atoms with Gasteiger partial charge in [0.2, 0.25) is 5.82 Å². The van der Waals surface area contributed by atoms with Crippen molar-refractivity contribution in [2.24, 2.45) is 5.41 Å². The third-order valence-electron chi connectivity index (χ3n) is 5.12. The summed E-state index contributed by atoms with van der Waals surface area (Å²) >= 11 is 5.92. The summed E-state index contributed by atoms with van der Waals surface area (Å²) in [6, 6.07) is 13.8. The third kappa shape index (κ3) is 4.50. The molecule has 1 aliphatic carbocycles. The number of halogens is 4. The lowest BCUT2D eigenvalue weighted by atomic mass is 9.89. The first-order valence-corrected chi connectivity index (χ1v) is 9.41. The van der Waals surface area contributed by atoms with Gasteiger partial charge in [-0.1, -0.05) is 53.2 Å². The molecule has 0 radical (unpaired) electrons. The van der Waals surface area contributed by atoms with Gasteiger partial charge in [0, 0.05) is 22.6 Å². The molecule has 4 nitrogen and oxygen atoms in total. The number of alkyl halides is 3. The maximum Gasteiger partial charge on any atom is 0.471 e. The smallest absolute Gasteiger partial charge is 0.329 e. The quantitative estimate of drug-likeness (QED) is 0.458. The largest absolute Gasteiger partial charge is 0.471 e. The van der Waals surface area contributed by atoms with E-state index in [1.807, 2.05) is 24.3 Å². The van der Waals surface area contributed by atoms with E-state index in [4.69, 9.17) is 11.6 Å². The molecule has 0 atom stereocenters. The molecule has 0 bridgehead atoms. The van der Waals surface area contributed by atoms with Crippen molar-refractivity contribution in [2.45, 2.75) is 31.9 Å². The Labute approximate surface area is 169 Å². The molecule has 150 valence electrons. The van der Waals surface area contributed by atoms with Crippen molar-refractivity contribution in [3.63, 3.8) is 0 Å². The second kappa shape index (κ2) is 7.30. The number of hydrogen-bond acceptors (Lipinski definition) is 4. The van der Waals surface area contributed by atoms with Gasteiger partial charge in [0.15, 0.2) is 5.78 Å². The molecule has 1 aliphatic rings. The van der Waals surface area contributed by atoms with Crippen LogP contribution in [-0.2, 0) is 12.6 Å². The van der Waals surface area contributed by atoms with Crippen molar-refractivity contribution in [3.05, 3.63) is 70.6 Å². The number of Topliss-reactive ketones (excluding diaryl/α,β-unsaturated/α-hetero) is 1. The normalized spacial score (nSPS) is 15.3. The fourth-order valence-electron chi connectivity index (χ4n) is 3.33. The van der Waals surface area contributed by atoms with Gasteiger partial charge in [0.25, 0.3) is 0 Å². The van der Waals surface area contributed by atoms with Crippen molar-refractivity contribution in [3.8, 4) is 11.4 Å². The molecule has 3 aromatic rings. The fourth-order valence-corrected chi connectivity index (χ4v) is 3.46. The maximum absolute atomic E-state index is 12.7. The van der Waals surface area contributed by atoms with Crippen LogP contribution >= 0.6 is 11.6 Å². The summed E-state index contributed by atoms with van der Waals surface area (Å²) in [5.41, 5.74) is 1.98. The van der Waals surface area contributed by atoms with Crippen molar-refractivity contribution >= 4 is 17.4 Å². The summed E-state index contributed by atoms with van der Waals surface area (Å²) in [4.78, 5) is 16.1. The first-order chi connectivity index (χ1) is 13.7. The van der Waals surface area contributed by atoms with Crippen LogP contribution in [0.4, 0.5) is 13.2 Å². The molecule has 1 fully saturated rings. The predicted octanol–water partition coefficient (Wildman–Crippen LogP) is 6.00. The highest BCUT2D eigenvalue weighted by Crippen LogP contribution is 2.52. The summed E-state index contributed by atoms with van der Waals surface area (Å²) in [6.45, 7) is 0. The van der Waals surface area contributed by atoms with Crippen LogP contribution in [0.3, 0.4) is 0 Å². The Bertz CT molecular complexity index is 1020. The van der Waals surface area contributed by atoms with Crippen LogP contribution in [0.25, 0.3) is 11.4 Å². The second-order valence-electron chi connectivity index (χ2n) is 7.40. The monoisotopic (exact) mass is 420 g/mol. The Kier molecular flexibility index (Phi) is 4.94. The Morgan fingerprint density at radius 3 is 2.28 bits per heavy atom. The van der Waals surface area contributed by atoms with Crippen LogP contribution in [0.5, 0.6) is 0 Å². The fraction of sp³-hybridized carbons (Fsp3) is 0.286. The lowest BCUT2D eigenvalue weighted by molar-refractivity contribution is -0.159. The molecule has 0 amide bonds. The predicted molar refractivity (Wildman–Crippen MR) is 101 cm³/mol. The summed E-state index contributed by atoms with van der Waals surface area (Å²) in [6.07, 6.45) is -1.47. The molecule has 1 saturated carbocycles. The molecule has 0 spiro atoms. The van der Waals surface area contributed by atoms with Gasteiger partial charge in [0.1, 0.15) is 0 Å². The van der Waals surface area contributed by atoms with Crippen LogP contribution in [0, 0.1) is 5.41 Å². The molecule has 0 saturated heterocycles. The Balaban J connectivity index is 1.43. The number of carbonyl (C=O) groups excluding carboxylic acids is 1. The van der Waals surface area contributed by atoms with E-state index in [1.54, 1.807) is 12.1 Å².